The highest BCUT2D eigenvalue weighted by Gasteiger charge is 2.31. The highest BCUT2D eigenvalue weighted by molar-refractivity contribution is 5.90. The second kappa shape index (κ2) is 9.95. The predicted molar refractivity (Wildman–Crippen MR) is 113 cm³/mol. The second-order valence-corrected chi connectivity index (χ2v) is 6.95. The zero-order valence-corrected chi connectivity index (χ0v) is 18.4. The van der Waals surface area contributed by atoms with Gasteiger partial charge in [-0.1, -0.05) is 6.92 Å². The number of ether oxygens (including phenoxy) is 5. The van der Waals surface area contributed by atoms with Crippen LogP contribution in [0.1, 0.15) is 23.7 Å². The van der Waals surface area contributed by atoms with Crippen molar-refractivity contribution in [3.05, 3.63) is 53.2 Å². The summed E-state index contributed by atoms with van der Waals surface area (Å²) >= 11 is 0. The van der Waals surface area contributed by atoms with Crippen LogP contribution in [0.4, 0.5) is 18.0 Å². The van der Waals surface area contributed by atoms with Crippen molar-refractivity contribution in [3.63, 3.8) is 0 Å². The minimum absolute atomic E-state index is 0.185. The molecule has 0 bridgehead atoms. The third-order valence-electron chi connectivity index (χ3n) is 4.72. The molecule has 0 spiro atoms. The van der Waals surface area contributed by atoms with E-state index in [0.717, 1.165) is 17.8 Å². The van der Waals surface area contributed by atoms with E-state index in [1.165, 1.54) is 26.4 Å². The number of hydrogen-bond acceptors (Lipinski definition) is 7. The van der Waals surface area contributed by atoms with Crippen molar-refractivity contribution in [1.29, 1.82) is 0 Å². The number of alkyl halides is 3. The Labute approximate surface area is 188 Å². The molecule has 7 nitrogen and oxygen atoms in total. The van der Waals surface area contributed by atoms with Crippen LogP contribution in [0.15, 0.2) is 36.4 Å². The summed E-state index contributed by atoms with van der Waals surface area (Å²) in [5.41, 5.74) is 2.63. The van der Waals surface area contributed by atoms with Gasteiger partial charge < -0.3 is 23.7 Å². The maximum Gasteiger partial charge on any atom is 0.573 e. The number of halogens is 3. The molecular formula is C23H22F3NO6. The van der Waals surface area contributed by atoms with Gasteiger partial charge >= 0.3 is 12.5 Å². The number of aryl methyl sites for hydroxylation is 1. The highest BCUT2D eigenvalue weighted by atomic mass is 19.4. The monoisotopic (exact) mass is 465 g/mol. The topological polar surface area (TPSA) is 76.1 Å². The largest absolute Gasteiger partial charge is 0.573 e. The van der Waals surface area contributed by atoms with Crippen molar-refractivity contribution >= 4 is 17.1 Å². The maximum absolute atomic E-state index is 12.4. The van der Waals surface area contributed by atoms with Crippen molar-refractivity contribution in [2.45, 2.75) is 33.2 Å². The summed E-state index contributed by atoms with van der Waals surface area (Å²) in [5.74, 6) is 0.540. The molecule has 0 atom stereocenters. The van der Waals surface area contributed by atoms with Crippen LogP contribution in [0.25, 0.3) is 10.9 Å². The number of fused-ring (bicyclic) bond motifs is 1. The first-order valence-electron chi connectivity index (χ1n) is 9.89. The lowest BCUT2D eigenvalue weighted by Crippen LogP contribution is -2.16. The molecule has 0 saturated heterocycles. The number of aromatic nitrogens is 1. The first-order chi connectivity index (χ1) is 15.6. The molecule has 3 rings (SSSR count). The lowest BCUT2D eigenvalue weighted by atomic mass is 10.0. The first kappa shape index (κ1) is 24.1. The van der Waals surface area contributed by atoms with Gasteiger partial charge in [0.1, 0.15) is 23.0 Å². The van der Waals surface area contributed by atoms with Crippen LogP contribution in [0.5, 0.6) is 23.0 Å². The van der Waals surface area contributed by atoms with Gasteiger partial charge in [0.25, 0.3) is 0 Å². The van der Waals surface area contributed by atoms with Crippen molar-refractivity contribution in [2.75, 3.05) is 14.2 Å². The van der Waals surface area contributed by atoms with Crippen LogP contribution in [0.3, 0.4) is 0 Å². The molecule has 1 aromatic heterocycles. The van der Waals surface area contributed by atoms with Crippen molar-refractivity contribution in [1.82, 2.24) is 4.98 Å². The molecule has 3 aromatic rings. The summed E-state index contributed by atoms with van der Waals surface area (Å²) in [4.78, 5) is 16.5. The van der Waals surface area contributed by atoms with Gasteiger partial charge in [0.05, 0.1) is 19.2 Å². The molecule has 0 N–H and O–H groups in total. The summed E-state index contributed by atoms with van der Waals surface area (Å²) in [7, 11) is 2.72. The van der Waals surface area contributed by atoms with E-state index in [4.69, 9.17) is 14.2 Å². The molecule has 0 saturated carbocycles. The van der Waals surface area contributed by atoms with E-state index in [0.29, 0.717) is 34.2 Å². The minimum Gasteiger partial charge on any atom is -0.457 e. The number of pyridine rings is 1. The second-order valence-electron chi connectivity index (χ2n) is 6.95. The third kappa shape index (κ3) is 5.83. The molecule has 0 fully saturated rings. The fraction of sp³-hybridized carbons (Fsp3) is 0.304. The molecule has 0 radical (unpaired) electrons. The fourth-order valence-corrected chi connectivity index (χ4v) is 3.25. The smallest absolute Gasteiger partial charge is 0.457 e. The Bertz CT molecular complexity index is 1150. The molecule has 0 aliphatic carbocycles. The summed E-state index contributed by atoms with van der Waals surface area (Å²) in [6, 6.07) is 8.37. The van der Waals surface area contributed by atoms with Crippen molar-refractivity contribution in [3.8, 4) is 23.0 Å². The molecule has 2 aromatic carbocycles. The lowest BCUT2D eigenvalue weighted by Gasteiger charge is -2.17. The summed E-state index contributed by atoms with van der Waals surface area (Å²) in [6.45, 7) is 3.90. The minimum atomic E-state index is -4.79. The number of nitrogens with zero attached hydrogens (tertiary/aromatic N) is 1. The number of hydrogen-bond donors (Lipinski definition) is 0. The molecule has 0 aliphatic heterocycles. The fourth-order valence-electron chi connectivity index (χ4n) is 3.25. The van der Waals surface area contributed by atoms with Gasteiger partial charge in [-0.2, -0.15) is 0 Å². The summed E-state index contributed by atoms with van der Waals surface area (Å²) in [6.07, 6.45) is -5.05. The molecular weight excluding hydrogens is 443 g/mol. The summed E-state index contributed by atoms with van der Waals surface area (Å²) in [5, 5.41) is 0.502. The molecule has 176 valence electrons. The Morgan fingerprint density at radius 3 is 2.30 bits per heavy atom. The highest BCUT2D eigenvalue weighted by Crippen LogP contribution is 2.37. The van der Waals surface area contributed by atoms with Gasteiger partial charge in [-0.15, -0.1) is 13.2 Å². The van der Waals surface area contributed by atoms with Gasteiger partial charge in [-0.3, -0.25) is 4.98 Å². The zero-order chi connectivity index (χ0) is 24.2. The van der Waals surface area contributed by atoms with Crippen LogP contribution < -0.4 is 14.2 Å². The average molecular weight is 465 g/mol. The van der Waals surface area contributed by atoms with Gasteiger partial charge in [0.2, 0.25) is 0 Å². The molecule has 1 heterocycles. The maximum atomic E-state index is 12.4. The van der Waals surface area contributed by atoms with E-state index in [1.807, 2.05) is 6.92 Å². The Hall–Kier alpha value is -3.53. The third-order valence-corrected chi connectivity index (χ3v) is 4.72. The number of rotatable bonds is 7. The molecule has 0 amide bonds. The van der Waals surface area contributed by atoms with E-state index in [-0.39, 0.29) is 23.9 Å². The lowest BCUT2D eigenvalue weighted by molar-refractivity contribution is -0.274. The number of carbonyl (C=O) groups is 1. The molecule has 0 unspecified atom stereocenters. The molecule has 0 aliphatic rings. The number of methoxy groups -OCH3 is 2. The summed E-state index contributed by atoms with van der Waals surface area (Å²) < 4.78 is 62.3. The Kier molecular flexibility index (Phi) is 7.27. The van der Waals surface area contributed by atoms with E-state index >= 15 is 0 Å². The van der Waals surface area contributed by atoms with Crippen LogP contribution in [0.2, 0.25) is 0 Å². The molecule has 10 heteroatoms. The van der Waals surface area contributed by atoms with E-state index in [2.05, 4.69) is 14.5 Å². The zero-order valence-electron chi connectivity index (χ0n) is 18.4. The van der Waals surface area contributed by atoms with Crippen LogP contribution in [-0.2, 0) is 22.5 Å². The van der Waals surface area contributed by atoms with Gasteiger partial charge in [-0.25, -0.2) is 4.79 Å². The average Bonchev–Trinajstić information content (AvgIpc) is 2.76. The Morgan fingerprint density at radius 2 is 1.73 bits per heavy atom. The molecule has 33 heavy (non-hydrogen) atoms. The van der Waals surface area contributed by atoms with Crippen LogP contribution >= 0.6 is 0 Å². The van der Waals surface area contributed by atoms with Crippen molar-refractivity contribution in [2.24, 2.45) is 0 Å². The van der Waals surface area contributed by atoms with Gasteiger partial charge in [0, 0.05) is 29.3 Å². The van der Waals surface area contributed by atoms with E-state index < -0.39 is 12.5 Å². The van der Waals surface area contributed by atoms with Gasteiger partial charge in [-0.05, 0) is 49.7 Å². The SMILES string of the molecule is CCc1nc2cc(COC)c(Oc3ccc(OC(F)(F)F)cc3)cc2c(OC(=O)OC)c1C. The predicted octanol–water partition coefficient (Wildman–Crippen LogP) is 6.09. The Morgan fingerprint density at radius 1 is 1.06 bits per heavy atom. The first-order valence-corrected chi connectivity index (χ1v) is 9.89. The number of carbonyl (C=O) groups excluding carboxylic acids is 1. The van der Waals surface area contributed by atoms with Crippen LogP contribution in [0, 0.1) is 6.92 Å². The quantitative estimate of drug-likeness (QED) is 0.391. The van der Waals surface area contributed by atoms with Crippen molar-refractivity contribution < 1.29 is 41.7 Å². The normalized spacial score (nSPS) is 11.4. The van der Waals surface area contributed by atoms with E-state index in [1.54, 1.807) is 19.1 Å². The van der Waals surface area contributed by atoms with Crippen LogP contribution in [-0.4, -0.2) is 31.7 Å². The standard InChI is InChI=1S/C23H22F3NO6/c1-5-18-13(2)21(32-22(28)30-4)17-11-20(14(12-29-3)10-19(17)27-18)31-15-6-8-16(9-7-15)33-23(24,25)26/h6-11H,5,12H2,1-4H3. The number of benzene rings is 2. The Balaban J connectivity index is 2.07. The van der Waals surface area contributed by atoms with Gasteiger partial charge in [0.15, 0.2) is 0 Å². The van der Waals surface area contributed by atoms with E-state index in [9.17, 15) is 18.0 Å².